The number of carbonyl (C=O) groups excluding carboxylic acids is 1. The Labute approximate surface area is 210 Å². The Morgan fingerprint density at radius 3 is 2.80 bits per heavy atom. The molecule has 0 bridgehead atoms. The summed E-state index contributed by atoms with van der Waals surface area (Å²) in [6, 6.07) is 5.67. The molecule has 13 heteroatoms. The molecule has 1 fully saturated rings. The summed E-state index contributed by atoms with van der Waals surface area (Å²) in [6.45, 7) is 1.52. The Morgan fingerprint density at radius 1 is 1.26 bits per heavy atom. The summed E-state index contributed by atoms with van der Waals surface area (Å²) in [5.74, 6) is -0.493. The molecular weight excluding hydrogens is 512 g/mol. The molecule has 0 aliphatic heterocycles. The van der Waals surface area contributed by atoms with Crippen molar-refractivity contribution in [3.8, 4) is 10.4 Å². The van der Waals surface area contributed by atoms with Crippen LogP contribution in [0.5, 0.6) is 0 Å². The lowest BCUT2D eigenvalue weighted by atomic mass is 10.1. The standard InChI is InChI=1S/C22H21ClN6O4S2/c1-12(30)20(17-9-14(4-6-24-17)28-35(32,33)15-2-3-15)27-21(31)22-25-11-19(34-22)16-10-26-29-7-5-13(23)8-18(16)29/h4-12,15,20,30H,2-3H2,1H3,(H,24,28)(H,27,31)/t12-,20-/m0/s1. The fourth-order valence-electron chi connectivity index (χ4n) is 3.60. The van der Waals surface area contributed by atoms with Crippen LogP contribution in [-0.4, -0.2) is 50.4 Å². The lowest BCUT2D eigenvalue weighted by Crippen LogP contribution is -2.35. The number of pyridine rings is 2. The summed E-state index contributed by atoms with van der Waals surface area (Å²) in [4.78, 5) is 22.2. The van der Waals surface area contributed by atoms with Crippen LogP contribution in [0, 0.1) is 0 Å². The highest BCUT2D eigenvalue weighted by Gasteiger charge is 2.36. The molecule has 0 saturated heterocycles. The number of sulfonamides is 1. The molecule has 1 saturated carbocycles. The zero-order valence-electron chi connectivity index (χ0n) is 18.4. The van der Waals surface area contributed by atoms with Gasteiger partial charge in [-0.2, -0.15) is 5.10 Å². The first-order valence-corrected chi connectivity index (χ1v) is 13.5. The fourth-order valence-corrected chi connectivity index (χ4v) is 5.98. The number of carbonyl (C=O) groups is 1. The topological polar surface area (TPSA) is 139 Å². The van der Waals surface area contributed by atoms with Crippen LogP contribution in [-0.2, 0) is 10.0 Å². The number of thiazole rings is 1. The highest BCUT2D eigenvalue weighted by Crippen LogP contribution is 2.32. The number of amides is 1. The van der Waals surface area contributed by atoms with Crippen LogP contribution in [0.4, 0.5) is 5.69 Å². The maximum atomic E-state index is 13.0. The molecule has 1 aliphatic rings. The monoisotopic (exact) mass is 532 g/mol. The summed E-state index contributed by atoms with van der Waals surface area (Å²) >= 11 is 7.29. The minimum atomic E-state index is -3.46. The molecule has 0 radical (unpaired) electrons. The van der Waals surface area contributed by atoms with Crippen molar-refractivity contribution < 1.29 is 18.3 Å². The molecular formula is C22H21ClN6O4S2. The van der Waals surface area contributed by atoms with Gasteiger partial charge in [0.15, 0.2) is 5.01 Å². The first kappa shape index (κ1) is 23.7. The maximum Gasteiger partial charge on any atom is 0.280 e. The van der Waals surface area contributed by atoms with E-state index < -0.39 is 28.1 Å². The Hall–Kier alpha value is -3.06. The van der Waals surface area contributed by atoms with Gasteiger partial charge in [0.05, 0.1) is 45.4 Å². The van der Waals surface area contributed by atoms with E-state index in [0.717, 1.165) is 16.0 Å². The van der Waals surface area contributed by atoms with Crippen molar-refractivity contribution in [3.05, 3.63) is 64.8 Å². The predicted octanol–water partition coefficient (Wildman–Crippen LogP) is 3.26. The summed E-state index contributed by atoms with van der Waals surface area (Å²) < 4.78 is 28.8. The van der Waals surface area contributed by atoms with Crippen LogP contribution >= 0.6 is 22.9 Å². The van der Waals surface area contributed by atoms with Crippen LogP contribution in [0.15, 0.2) is 49.1 Å². The molecule has 0 spiro atoms. The van der Waals surface area contributed by atoms with Crippen molar-refractivity contribution in [2.45, 2.75) is 37.2 Å². The first-order valence-electron chi connectivity index (χ1n) is 10.8. The van der Waals surface area contributed by atoms with Gasteiger partial charge in [-0.05, 0) is 44.0 Å². The molecule has 4 aromatic rings. The molecule has 0 unspecified atom stereocenters. The maximum absolute atomic E-state index is 13.0. The average Bonchev–Trinajstić information content (AvgIpc) is 3.44. The van der Waals surface area contributed by atoms with Gasteiger partial charge in [-0.1, -0.05) is 11.6 Å². The molecule has 4 heterocycles. The van der Waals surface area contributed by atoms with Gasteiger partial charge < -0.3 is 10.4 Å². The minimum absolute atomic E-state index is 0.192. The van der Waals surface area contributed by atoms with E-state index in [9.17, 15) is 18.3 Å². The second kappa shape index (κ2) is 9.19. The molecule has 1 amide bonds. The average molecular weight is 533 g/mol. The zero-order chi connectivity index (χ0) is 24.7. The van der Waals surface area contributed by atoms with Crippen LogP contribution < -0.4 is 10.0 Å². The van der Waals surface area contributed by atoms with Crippen LogP contribution in [0.25, 0.3) is 16.0 Å². The van der Waals surface area contributed by atoms with E-state index in [1.807, 2.05) is 0 Å². The van der Waals surface area contributed by atoms with Crippen molar-refractivity contribution in [3.63, 3.8) is 0 Å². The highest BCUT2D eigenvalue weighted by molar-refractivity contribution is 7.93. The number of aliphatic hydroxyl groups is 1. The van der Waals surface area contributed by atoms with Crippen molar-refractivity contribution in [2.24, 2.45) is 0 Å². The summed E-state index contributed by atoms with van der Waals surface area (Å²) in [5, 5.41) is 17.8. The fraction of sp³-hybridized carbons (Fsp3) is 0.273. The number of nitrogens with one attached hydrogen (secondary N) is 2. The summed E-state index contributed by atoms with van der Waals surface area (Å²) in [7, 11) is -3.46. The number of nitrogens with zero attached hydrogens (tertiary/aromatic N) is 4. The molecule has 3 N–H and O–H groups in total. The van der Waals surface area contributed by atoms with Gasteiger partial charge in [-0.15, -0.1) is 11.3 Å². The molecule has 10 nitrogen and oxygen atoms in total. The minimum Gasteiger partial charge on any atom is -0.391 e. The van der Waals surface area contributed by atoms with E-state index in [0.29, 0.717) is 29.2 Å². The Kier molecular flexibility index (Phi) is 6.21. The molecule has 4 aromatic heterocycles. The van der Waals surface area contributed by atoms with Gasteiger partial charge in [0.25, 0.3) is 5.91 Å². The Bertz CT molecular complexity index is 1510. The predicted molar refractivity (Wildman–Crippen MR) is 133 cm³/mol. The second-order valence-electron chi connectivity index (χ2n) is 8.27. The molecule has 35 heavy (non-hydrogen) atoms. The first-order chi connectivity index (χ1) is 16.7. The molecule has 182 valence electrons. The molecule has 1 aliphatic carbocycles. The third kappa shape index (κ3) is 5.01. The summed E-state index contributed by atoms with van der Waals surface area (Å²) in [6.07, 6.45) is 6.71. The Balaban J connectivity index is 1.36. The molecule has 0 aromatic carbocycles. The van der Waals surface area contributed by atoms with Gasteiger partial charge >= 0.3 is 0 Å². The number of halogens is 1. The number of aliphatic hydroxyl groups excluding tert-OH is 1. The van der Waals surface area contributed by atoms with E-state index in [1.54, 1.807) is 35.2 Å². The largest absolute Gasteiger partial charge is 0.391 e. The van der Waals surface area contributed by atoms with Gasteiger partial charge in [-0.3, -0.25) is 14.5 Å². The van der Waals surface area contributed by atoms with Crippen LogP contribution in [0.3, 0.4) is 0 Å². The van der Waals surface area contributed by atoms with Crippen molar-refractivity contribution in [2.75, 3.05) is 4.72 Å². The van der Waals surface area contributed by atoms with E-state index in [2.05, 4.69) is 25.1 Å². The number of aromatic nitrogens is 4. The molecule has 2 atom stereocenters. The summed E-state index contributed by atoms with van der Waals surface area (Å²) in [5.41, 5.74) is 2.21. The quantitative estimate of drug-likeness (QED) is 0.316. The van der Waals surface area contributed by atoms with Crippen molar-refractivity contribution in [1.29, 1.82) is 0 Å². The third-order valence-electron chi connectivity index (χ3n) is 5.54. The lowest BCUT2D eigenvalue weighted by molar-refractivity contribution is 0.0854. The zero-order valence-corrected chi connectivity index (χ0v) is 20.8. The van der Waals surface area contributed by atoms with Gasteiger partial charge in [-0.25, -0.2) is 17.9 Å². The van der Waals surface area contributed by atoms with Gasteiger partial charge in [0.2, 0.25) is 10.0 Å². The third-order valence-corrected chi connectivity index (χ3v) is 8.67. The number of hydrogen-bond acceptors (Lipinski definition) is 8. The second-order valence-corrected chi connectivity index (χ2v) is 11.7. The smallest absolute Gasteiger partial charge is 0.280 e. The van der Waals surface area contributed by atoms with Crippen molar-refractivity contribution >= 4 is 50.1 Å². The number of fused-ring (bicyclic) bond motifs is 1. The van der Waals surface area contributed by atoms with Crippen LogP contribution in [0.1, 0.15) is 41.3 Å². The SMILES string of the molecule is C[C@H](O)[C@H](NC(=O)c1ncc(-c2cnn3ccc(Cl)cc23)s1)c1cc(NS(=O)(=O)C2CC2)ccn1. The van der Waals surface area contributed by atoms with E-state index >= 15 is 0 Å². The Morgan fingerprint density at radius 2 is 2.06 bits per heavy atom. The van der Waals surface area contributed by atoms with Gasteiger partial charge in [0.1, 0.15) is 0 Å². The normalized spacial score (nSPS) is 15.6. The van der Waals surface area contributed by atoms with E-state index in [4.69, 9.17) is 11.6 Å². The highest BCUT2D eigenvalue weighted by atomic mass is 35.5. The van der Waals surface area contributed by atoms with Crippen LogP contribution in [0.2, 0.25) is 5.02 Å². The van der Waals surface area contributed by atoms with E-state index in [-0.39, 0.29) is 10.3 Å². The lowest BCUT2D eigenvalue weighted by Gasteiger charge is -2.21. The number of rotatable bonds is 8. The molecule has 5 rings (SSSR count). The number of hydrogen-bond donors (Lipinski definition) is 3. The number of anilines is 1. The van der Waals surface area contributed by atoms with Gasteiger partial charge in [0, 0.05) is 29.2 Å². The van der Waals surface area contributed by atoms with Crippen molar-refractivity contribution in [1.82, 2.24) is 24.9 Å². The van der Waals surface area contributed by atoms with E-state index in [1.165, 1.54) is 36.6 Å².